The van der Waals surface area contributed by atoms with Crippen molar-refractivity contribution in [3.63, 3.8) is 0 Å². The fraction of sp³-hybridized carbons (Fsp3) is 0.273. The quantitative estimate of drug-likeness (QED) is 0.547. The Morgan fingerprint density at radius 3 is 2.32 bits per heavy atom. The Kier molecular flexibility index (Phi) is 8.09. The second kappa shape index (κ2) is 10.8. The Bertz CT molecular complexity index is 786. The van der Waals surface area contributed by atoms with E-state index in [1.807, 2.05) is 38.1 Å². The summed E-state index contributed by atoms with van der Waals surface area (Å²) in [6, 6.07) is 14.3. The minimum atomic E-state index is -0.177. The van der Waals surface area contributed by atoms with Crippen LogP contribution in [0.2, 0.25) is 0 Å². The summed E-state index contributed by atoms with van der Waals surface area (Å²) in [6.45, 7) is 8.16. The molecule has 6 heteroatoms. The number of rotatable bonds is 10. The number of carbonyl (C=O) groups excluding carboxylic acids is 2. The molecule has 0 aliphatic rings. The molecule has 2 amide bonds. The highest BCUT2D eigenvalue weighted by molar-refractivity contribution is 5.96. The number of amides is 2. The van der Waals surface area contributed by atoms with Gasteiger partial charge in [-0.25, -0.2) is 0 Å². The van der Waals surface area contributed by atoms with E-state index in [9.17, 15) is 9.59 Å². The average molecular weight is 381 g/mol. The van der Waals surface area contributed by atoms with Gasteiger partial charge in [-0.1, -0.05) is 19.6 Å². The molecular weight excluding hydrogens is 354 g/mol. The molecule has 0 saturated carbocycles. The first-order valence-corrected chi connectivity index (χ1v) is 9.30. The van der Waals surface area contributed by atoms with E-state index in [-0.39, 0.29) is 24.4 Å². The van der Waals surface area contributed by atoms with Crippen LogP contribution in [0.1, 0.15) is 30.6 Å². The van der Waals surface area contributed by atoms with Crippen LogP contribution in [0.15, 0.2) is 61.2 Å². The highest BCUT2D eigenvalue weighted by Gasteiger charge is 2.09. The molecule has 6 nitrogen and oxygen atoms in total. The first-order valence-electron chi connectivity index (χ1n) is 9.30. The summed E-state index contributed by atoms with van der Waals surface area (Å²) in [4.78, 5) is 24.2. The third-order valence-electron chi connectivity index (χ3n) is 4.10. The number of anilines is 2. The van der Waals surface area contributed by atoms with E-state index in [0.717, 1.165) is 17.9 Å². The van der Waals surface area contributed by atoms with E-state index in [1.54, 1.807) is 30.3 Å². The summed E-state index contributed by atoms with van der Waals surface area (Å²) in [6.07, 6.45) is 2.55. The second-order valence-electron chi connectivity index (χ2n) is 6.39. The van der Waals surface area contributed by atoms with Crippen molar-refractivity contribution in [3.05, 3.63) is 66.7 Å². The molecule has 3 N–H and O–H groups in total. The van der Waals surface area contributed by atoms with Crippen molar-refractivity contribution in [1.82, 2.24) is 5.32 Å². The lowest BCUT2D eigenvalue weighted by Gasteiger charge is -2.12. The van der Waals surface area contributed by atoms with Gasteiger partial charge in [0.2, 0.25) is 5.91 Å². The summed E-state index contributed by atoms with van der Waals surface area (Å²) >= 11 is 0. The van der Waals surface area contributed by atoms with Crippen molar-refractivity contribution < 1.29 is 14.3 Å². The van der Waals surface area contributed by atoms with E-state index in [1.165, 1.54) is 0 Å². The van der Waals surface area contributed by atoms with Crippen molar-refractivity contribution in [2.75, 3.05) is 23.8 Å². The lowest BCUT2D eigenvalue weighted by atomic mass is 10.1. The topological polar surface area (TPSA) is 79.5 Å². The highest BCUT2D eigenvalue weighted by Crippen LogP contribution is 2.15. The third-order valence-corrected chi connectivity index (χ3v) is 4.10. The van der Waals surface area contributed by atoms with E-state index in [0.29, 0.717) is 17.9 Å². The normalized spacial score (nSPS) is 11.2. The molecule has 0 aliphatic heterocycles. The zero-order chi connectivity index (χ0) is 20.4. The zero-order valence-corrected chi connectivity index (χ0v) is 16.3. The number of nitrogens with one attached hydrogen (secondary N) is 3. The molecule has 0 radical (unpaired) electrons. The van der Waals surface area contributed by atoms with Crippen molar-refractivity contribution in [3.8, 4) is 5.75 Å². The van der Waals surface area contributed by atoms with Crippen molar-refractivity contribution in [1.29, 1.82) is 0 Å². The van der Waals surface area contributed by atoms with Gasteiger partial charge in [-0.2, -0.15) is 0 Å². The summed E-state index contributed by atoms with van der Waals surface area (Å²) in [5.41, 5.74) is 2.02. The molecule has 1 atom stereocenters. The number of hydrogen-bond acceptors (Lipinski definition) is 4. The van der Waals surface area contributed by atoms with Gasteiger partial charge in [0.1, 0.15) is 12.4 Å². The minimum Gasteiger partial charge on any atom is -0.490 e. The average Bonchev–Trinajstić information content (AvgIpc) is 2.71. The van der Waals surface area contributed by atoms with Crippen LogP contribution in [-0.4, -0.2) is 31.0 Å². The molecule has 28 heavy (non-hydrogen) atoms. The van der Waals surface area contributed by atoms with Crippen LogP contribution in [0, 0.1) is 0 Å². The lowest BCUT2D eigenvalue weighted by molar-refractivity contribution is -0.114. The van der Waals surface area contributed by atoms with Crippen molar-refractivity contribution in [2.45, 2.75) is 26.3 Å². The van der Waals surface area contributed by atoms with Crippen molar-refractivity contribution >= 4 is 23.2 Å². The monoisotopic (exact) mass is 381 g/mol. The summed E-state index contributed by atoms with van der Waals surface area (Å²) in [7, 11) is 0. The largest absolute Gasteiger partial charge is 0.490 e. The predicted octanol–water partition coefficient (Wildman–Crippen LogP) is 3.83. The molecule has 0 bridgehead atoms. The Labute approximate surface area is 166 Å². The predicted molar refractivity (Wildman–Crippen MR) is 113 cm³/mol. The molecule has 0 heterocycles. The van der Waals surface area contributed by atoms with Crippen molar-refractivity contribution in [2.24, 2.45) is 0 Å². The Hall–Kier alpha value is -3.28. The van der Waals surface area contributed by atoms with Gasteiger partial charge in [0.15, 0.2) is 0 Å². The van der Waals surface area contributed by atoms with Crippen LogP contribution in [0.3, 0.4) is 0 Å². The molecular formula is C22H27N3O3. The van der Waals surface area contributed by atoms with Gasteiger partial charge in [0.25, 0.3) is 5.91 Å². The molecule has 0 spiro atoms. The van der Waals surface area contributed by atoms with E-state index < -0.39 is 0 Å². The van der Waals surface area contributed by atoms with Crippen LogP contribution in [0.25, 0.3) is 0 Å². The SMILES string of the molecule is C=CCOc1ccc(NCC(=O)Nc2ccc(C(=O)NC(C)CC)cc2)cc1. The number of benzene rings is 2. The molecule has 0 aliphatic carbocycles. The van der Waals surface area contributed by atoms with E-state index in [2.05, 4.69) is 22.5 Å². The fourth-order valence-electron chi connectivity index (χ4n) is 2.33. The molecule has 148 valence electrons. The molecule has 1 unspecified atom stereocenters. The molecule has 2 rings (SSSR count). The standard InChI is InChI=1S/C22H27N3O3/c1-4-14-28-20-12-10-18(11-13-20)23-15-21(26)25-19-8-6-17(7-9-19)22(27)24-16(3)5-2/h4,6-13,16,23H,1,5,14-15H2,2-3H3,(H,24,27)(H,25,26). The first kappa shape index (κ1) is 21.0. The smallest absolute Gasteiger partial charge is 0.251 e. The van der Waals surface area contributed by atoms with E-state index >= 15 is 0 Å². The maximum Gasteiger partial charge on any atom is 0.251 e. The van der Waals surface area contributed by atoms with Crippen LogP contribution in [-0.2, 0) is 4.79 Å². The summed E-state index contributed by atoms with van der Waals surface area (Å²) in [5.74, 6) is 0.450. The Morgan fingerprint density at radius 2 is 1.71 bits per heavy atom. The fourth-order valence-corrected chi connectivity index (χ4v) is 2.33. The maximum absolute atomic E-state index is 12.1. The summed E-state index contributed by atoms with van der Waals surface area (Å²) in [5, 5.41) is 8.76. The Morgan fingerprint density at radius 1 is 1.07 bits per heavy atom. The molecule has 0 fully saturated rings. The zero-order valence-electron chi connectivity index (χ0n) is 16.3. The Balaban J connectivity index is 1.81. The maximum atomic E-state index is 12.1. The van der Waals surface area contributed by atoms with Gasteiger partial charge in [-0.05, 0) is 61.9 Å². The molecule has 2 aromatic carbocycles. The highest BCUT2D eigenvalue weighted by atomic mass is 16.5. The molecule has 2 aromatic rings. The first-order chi connectivity index (χ1) is 13.5. The van der Waals surface area contributed by atoms with Crippen LogP contribution < -0.4 is 20.7 Å². The lowest BCUT2D eigenvalue weighted by Crippen LogP contribution is -2.31. The number of carbonyl (C=O) groups is 2. The number of hydrogen-bond donors (Lipinski definition) is 3. The number of ether oxygens (including phenoxy) is 1. The van der Waals surface area contributed by atoms with Crippen LogP contribution >= 0.6 is 0 Å². The van der Waals surface area contributed by atoms with Gasteiger partial charge < -0.3 is 20.7 Å². The van der Waals surface area contributed by atoms with Gasteiger partial charge in [0.05, 0.1) is 6.54 Å². The summed E-state index contributed by atoms with van der Waals surface area (Å²) < 4.78 is 5.42. The molecule has 0 saturated heterocycles. The van der Waals surface area contributed by atoms with Gasteiger partial charge in [-0.15, -0.1) is 0 Å². The molecule has 0 aromatic heterocycles. The van der Waals surface area contributed by atoms with Crippen LogP contribution in [0.5, 0.6) is 5.75 Å². The van der Waals surface area contributed by atoms with Gasteiger partial charge >= 0.3 is 0 Å². The van der Waals surface area contributed by atoms with E-state index in [4.69, 9.17) is 4.74 Å². The second-order valence-corrected chi connectivity index (χ2v) is 6.39. The van der Waals surface area contributed by atoms with Gasteiger partial charge in [-0.3, -0.25) is 9.59 Å². The van der Waals surface area contributed by atoms with Gasteiger partial charge in [0, 0.05) is 23.0 Å². The van der Waals surface area contributed by atoms with Crippen LogP contribution in [0.4, 0.5) is 11.4 Å². The minimum absolute atomic E-state index is 0.116. The third kappa shape index (κ3) is 6.79.